The number of aromatic amines is 2. The quantitative estimate of drug-likeness (QED) is 0.100. The number of pyridine rings is 2. The lowest BCUT2D eigenvalue weighted by Gasteiger charge is -2.28. The number of benzene rings is 3. The first-order valence-corrected chi connectivity index (χ1v) is 21.1. The fourth-order valence-electron chi connectivity index (χ4n) is 8.63. The van der Waals surface area contributed by atoms with Gasteiger partial charge in [-0.3, -0.25) is 19.6 Å². The van der Waals surface area contributed by atoms with E-state index >= 15 is 0 Å². The van der Waals surface area contributed by atoms with Gasteiger partial charge in [0.05, 0.1) is 55.1 Å². The van der Waals surface area contributed by atoms with Crippen molar-refractivity contribution in [3.05, 3.63) is 145 Å². The van der Waals surface area contributed by atoms with Gasteiger partial charge in [-0.05, 0) is 61.1 Å². The number of aromatic nitrogens is 6. The molecule has 324 valence electrons. The van der Waals surface area contributed by atoms with Crippen LogP contribution in [-0.4, -0.2) is 91.0 Å². The molecule has 16 heteroatoms. The summed E-state index contributed by atoms with van der Waals surface area (Å²) < 4.78 is 9.66. The second kappa shape index (κ2) is 18.2. The zero-order valence-corrected chi connectivity index (χ0v) is 35.2. The fraction of sp³-hybridized carbons (Fsp3) is 0.250. The van der Waals surface area contributed by atoms with Gasteiger partial charge in [0.2, 0.25) is 0 Å². The van der Waals surface area contributed by atoms with Crippen LogP contribution in [0.4, 0.5) is 9.59 Å². The van der Waals surface area contributed by atoms with Gasteiger partial charge in [0.15, 0.2) is 0 Å². The number of alkyl carbamates (subject to hydrolysis) is 2. The van der Waals surface area contributed by atoms with Crippen molar-refractivity contribution in [1.82, 2.24) is 50.3 Å². The van der Waals surface area contributed by atoms with Crippen molar-refractivity contribution < 1.29 is 28.7 Å². The van der Waals surface area contributed by atoms with Gasteiger partial charge in [0.1, 0.15) is 23.7 Å². The Morgan fingerprint density at radius 3 is 1.83 bits per heavy atom. The van der Waals surface area contributed by atoms with Gasteiger partial charge < -0.3 is 39.9 Å². The molecule has 4 aromatic heterocycles. The first-order valence-electron chi connectivity index (χ1n) is 21.1. The predicted octanol–water partition coefficient (Wildman–Crippen LogP) is 7.60. The van der Waals surface area contributed by atoms with Crippen molar-refractivity contribution >= 4 is 34.9 Å². The van der Waals surface area contributed by atoms with E-state index in [0.29, 0.717) is 41.6 Å². The Labute approximate surface area is 368 Å². The predicted molar refractivity (Wildman–Crippen MR) is 237 cm³/mol. The number of carbonyl (C=O) groups excluding carboxylic acids is 4. The lowest BCUT2D eigenvalue weighted by atomic mass is 10.0. The highest BCUT2D eigenvalue weighted by molar-refractivity contribution is 5.89. The lowest BCUT2D eigenvalue weighted by Crippen LogP contribution is -2.42. The minimum Gasteiger partial charge on any atom is -0.453 e. The molecule has 16 nitrogen and oxygen atoms in total. The smallest absolute Gasteiger partial charge is 0.407 e. The van der Waals surface area contributed by atoms with Crippen molar-refractivity contribution in [3.63, 3.8) is 0 Å². The standard InChI is InChI=1S/C48H46N10O6/c1-63-47(61)55-41(29-11-5-3-6-12-29)45(59)57-21-9-15-39(57)43-51-27-37(53-43)33-19-20-35(49-25-33)32-18-17-31-23-34(26-50-36(31)24-32)38-28-52-44(54-38)40-16-10-22-58(40)46(60)42(56-48(62)64-2)30-13-7-4-8-14-30/h3-8,11-14,17-20,23-28,39-42H,9-10,15-16,21-22H2,1-2H3,(H,51,53)(H,52,54)(H,55,61)(H,56,62)/t39-,40?,41+,42+/m0/s1. The van der Waals surface area contributed by atoms with E-state index in [1.807, 2.05) is 103 Å². The van der Waals surface area contributed by atoms with E-state index in [2.05, 4.69) is 25.6 Å². The highest BCUT2D eigenvalue weighted by Crippen LogP contribution is 2.36. The monoisotopic (exact) mass is 858 g/mol. The molecular formula is C48H46N10O6. The summed E-state index contributed by atoms with van der Waals surface area (Å²) in [5, 5.41) is 6.34. The minimum atomic E-state index is -0.899. The number of amides is 4. The topological polar surface area (TPSA) is 200 Å². The van der Waals surface area contributed by atoms with Crippen LogP contribution in [0.25, 0.3) is 44.7 Å². The average Bonchev–Trinajstić information content (AvgIpc) is 4.20. The normalized spacial score (nSPS) is 16.9. The van der Waals surface area contributed by atoms with Gasteiger partial charge in [0.25, 0.3) is 11.8 Å². The van der Waals surface area contributed by atoms with Gasteiger partial charge >= 0.3 is 12.2 Å². The molecule has 64 heavy (non-hydrogen) atoms. The van der Waals surface area contributed by atoms with Crippen molar-refractivity contribution in [2.24, 2.45) is 0 Å². The molecule has 0 radical (unpaired) electrons. The number of methoxy groups -OCH3 is 2. The van der Waals surface area contributed by atoms with E-state index in [9.17, 15) is 19.2 Å². The summed E-state index contributed by atoms with van der Waals surface area (Å²) >= 11 is 0. The minimum absolute atomic E-state index is 0.230. The summed E-state index contributed by atoms with van der Waals surface area (Å²) in [5.41, 5.74) is 6.96. The van der Waals surface area contributed by atoms with Crippen LogP contribution in [0.15, 0.2) is 122 Å². The molecule has 0 spiro atoms. The van der Waals surface area contributed by atoms with Crippen LogP contribution in [0.1, 0.15) is 72.6 Å². The summed E-state index contributed by atoms with van der Waals surface area (Å²) in [4.78, 5) is 81.8. The Hall–Kier alpha value is -7.88. The van der Waals surface area contributed by atoms with Crippen molar-refractivity contribution in [2.45, 2.75) is 49.9 Å². The molecule has 7 aromatic rings. The van der Waals surface area contributed by atoms with Gasteiger partial charge in [0, 0.05) is 53.8 Å². The number of hydrogen-bond donors (Lipinski definition) is 4. The van der Waals surface area contributed by atoms with Gasteiger partial charge in [-0.1, -0.05) is 72.8 Å². The van der Waals surface area contributed by atoms with E-state index in [1.54, 1.807) is 28.4 Å². The molecule has 6 heterocycles. The maximum Gasteiger partial charge on any atom is 0.407 e. The first kappa shape index (κ1) is 41.5. The molecule has 4 N–H and O–H groups in total. The SMILES string of the molecule is COC(=O)N[C@@H](C(=O)N1CCCC1c1nc(-c2cnc3cc(-c4ccc(-c5cnc([C@@H]6CCCN6C(=O)[C@H](NC(=O)OC)c6ccccc6)[nH]5)cn4)ccc3c2)c[nH]1)c1ccccc1. The molecule has 0 aliphatic carbocycles. The third-order valence-corrected chi connectivity index (χ3v) is 11.9. The molecule has 2 aliphatic rings. The van der Waals surface area contributed by atoms with Crippen LogP contribution in [0, 0.1) is 0 Å². The van der Waals surface area contributed by atoms with Crippen LogP contribution < -0.4 is 10.6 Å². The molecule has 1 unspecified atom stereocenters. The number of carbonyl (C=O) groups is 4. The number of fused-ring (bicyclic) bond motifs is 1. The zero-order chi connectivity index (χ0) is 44.2. The summed E-state index contributed by atoms with van der Waals surface area (Å²) in [6.45, 7) is 1.07. The van der Waals surface area contributed by atoms with E-state index in [1.165, 1.54) is 14.2 Å². The number of nitrogens with one attached hydrogen (secondary N) is 4. The molecular weight excluding hydrogens is 813 g/mol. The summed E-state index contributed by atoms with van der Waals surface area (Å²) in [7, 11) is 2.55. The Morgan fingerprint density at radius 2 is 1.23 bits per heavy atom. The number of H-pyrrole nitrogens is 2. The second-order valence-corrected chi connectivity index (χ2v) is 15.8. The largest absolute Gasteiger partial charge is 0.453 e. The summed E-state index contributed by atoms with van der Waals surface area (Å²) in [6.07, 6.45) is 8.86. The van der Waals surface area contributed by atoms with E-state index in [4.69, 9.17) is 24.4 Å². The highest BCUT2D eigenvalue weighted by atomic mass is 16.5. The Morgan fingerprint density at radius 1 is 0.641 bits per heavy atom. The molecule has 0 bridgehead atoms. The fourth-order valence-corrected chi connectivity index (χ4v) is 8.63. The van der Waals surface area contributed by atoms with Crippen molar-refractivity contribution in [1.29, 1.82) is 0 Å². The average molecular weight is 859 g/mol. The summed E-state index contributed by atoms with van der Waals surface area (Å²) in [5.74, 6) is 0.871. The molecule has 3 aromatic carbocycles. The third kappa shape index (κ3) is 8.49. The Bertz CT molecular complexity index is 2790. The van der Waals surface area contributed by atoms with Crippen LogP contribution in [0.3, 0.4) is 0 Å². The van der Waals surface area contributed by atoms with Gasteiger partial charge in [-0.2, -0.15) is 0 Å². The summed E-state index contributed by atoms with van der Waals surface area (Å²) in [6, 6.07) is 27.9. The zero-order valence-electron chi connectivity index (χ0n) is 35.2. The molecule has 2 fully saturated rings. The Kier molecular flexibility index (Phi) is 11.8. The molecule has 9 rings (SSSR count). The third-order valence-electron chi connectivity index (χ3n) is 11.9. The maximum absolute atomic E-state index is 13.9. The molecule has 0 saturated carbocycles. The first-order chi connectivity index (χ1) is 31.3. The molecule has 4 atom stereocenters. The molecule has 4 amide bonds. The van der Waals surface area contributed by atoms with E-state index in [-0.39, 0.29) is 23.9 Å². The second-order valence-electron chi connectivity index (χ2n) is 15.8. The highest BCUT2D eigenvalue weighted by Gasteiger charge is 2.38. The lowest BCUT2D eigenvalue weighted by molar-refractivity contribution is -0.135. The molecule has 2 saturated heterocycles. The van der Waals surface area contributed by atoms with Crippen LogP contribution >= 0.6 is 0 Å². The van der Waals surface area contributed by atoms with Gasteiger partial charge in [-0.25, -0.2) is 19.6 Å². The number of likely N-dealkylation sites (tertiary alicyclic amines) is 2. The maximum atomic E-state index is 13.9. The number of hydrogen-bond acceptors (Lipinski definition) is 10. The number of ether oxygens (including phenoxy) is 2. The van der Waals surface area contributed by atoms with Crippen LogP contribution in [0.5, 0.6) is 0 Å². The number of imidazole rings is 2. The van der Waals surface area contributed by atoms with Crippen molar-refractivity contribution in [2.75, 3.05) is 27.3 Å². The number of rotatable bonds is 11. The number of nitrogens with zero attached hydrogens (tertiary/aromatic N) is 6. The van der Waals surface area contributed by atoms with Gasteiger partial charge in [-0.15, -0.1) is 0 Å². The Balaban J connectivity index is 0.875. The van der Waals surface area contributed by atoms with Crippen LogP contribution in [-0.2, 0) is 19.1 Å². The van der Waals surface area contributed by atoms with Crippen molar-refractivity contribution in [3.8, 4) is 33.8 Å². The molecule has 2 aliphatic heterocycles. The van der Waals surface area contributed by atoms with E-state index < -0.39 is 24.3 Å². The van der Waals surface area contributed by atoms with Crippen LogP contribution in [0.2, 0.25) is 0 Å². The van der Waals surface area contributed by atoms with E-state index in [0.717, 1.165) is 64.7 Å².